The molecule has 0 aliphatic heterocycles. The summed E-state index contributed by atoms with van der Waals surface area (Å²) in [7, 11) is 1.63. The smallest absolute Gasteiger partial charge is 0.133 e. The SMILES string of the molecule is CC.COC(C)(CC(C)=O)c1ccccc1. The summed E-state index contributed by atoms with van der Waals surface area (Å²) in [5.41, 5.74) is 0.547. The monoisotopic (exact) mass is 222 g/mol. The van der Waals surface area contributed by atoms with Gasteiger partial charge in [0.15, 0.2) is 0 Å². The predicted octanol–water partition coefficient (Wildman–Crippen LogP) is 3.55. The Kier molecular flexibility index (Phi) is 6.66. The molecule has 0 saturated carbocycles. The van der Waals surface area contributed by atoms with Crippen LogP contribution >= 0.6 is 0 Å². The van der Waals surface area contributed by atoms with Crippen LogP contribution in [-0.2, 0) is 15.1 Å². The van der Waals surface area contributed by atoms with E-state index in [1.54, 1.807) is 14.0 Å². The van der Waals surface area contributed by atoms with Gasteiger partial charge in [-0.1, -0.05) is 44.2 Å². The summed E-state index contributed by atoms with van der Waals surface area (Å²) >= 11 is 0. The highest BCUT2D eigenvalue weighted by molar-refractivity contribution is 5.76. The van der Waals surface area contributed by atoms with E-state index in [1.807, 2.05) is 51.1 Å². The molecule has 1 unspecified atom stereocenters. The lowest BCUT2D eigenvalue weighted by Crippen LogP contribution is -2.26. The van der Waals surface area contributed by atoms with Crippen molar-refractivity contribution in [2.75, 3.05) is 7.11 Å². The van der Waals surface area contributed by atoms with Crippen LogP contribution in [-0.4, -0.2) is 12.9 Å². The summed E-state index contributed by atoms with van der Waals surface area (Å²) in [4.78, 5) is 11.1. The molecule has 1 atom stereocenters. The second-order valence-electron chi connectivity index (χ2n) is 3.68. The maximum absolute atomic E-state index is 11.1. The first kappa shape index (κ1) is 14.8. The van der Waals surface area contributed by atoms with Crippen LogP contribution in [0.4, 0.5) is 0 Å². The van der Waals surface area contributed by atoms with Crippen molar-refractivity contribution in [2.24, 2.45) is 0 Å². The van der Waals surface area contributed by atoms with E-state index in [0.717, 1.165) is 5.56 Å². The Hall–Kier alpha value is -1.15. The minimum atomic E-state index is -0.493. The highest BCUT2D eigenvalue weighted by Crippen LogP contribution is 2.28. The van der Waals surface area contributed by atoms with Crippen molar-refractivity contribution >= 4 is 5.78 Å². The molecule has 0 N–H and O–H groups in total. The molecular weight excluding hydrogens is 200 g/mol. The lowest BCUT2D eigenvalue weighted by atomic mass is 9.91. The average molecular weight is 222 g/mol. The Morgan fingerprint density at radius 1 is 1.25 bits per heavy atom. The molecule has 0 amide bonds. The lowest BCUT2D eigenvalue weighted by molar-refractivity contribution is -0.123. The third-order valence-corrected chi connectivity index (χ3v) is 2.42. The Morgan fingerprint density at radius 2 is 1.75 bits per heavy atom. The van der Waals surface area contributed by atoms with Crippen molar-refractivity contribution < 1.29 is 9.53 Å². The number of methoxy groups -OCH3 is 1. The number of rotatable bonds is 4. The van der Waals surface area contributed by atoms with Crippen LogP contribution in [0.5, 0.6) is 0 Å². The number of hydrogen-bond donors (Lipinski definition) is 0. The normalized spacial score (nSPS) is 13.3. The molecule has 1 aromatic rings. The molecule has 0 bridgehead atoms. The Morgan fingerprint density at radius 3 is 2.12 bits per heavy atom. The molecule has 1 rings (SSSR count). The summed E-state index contributed by atoms with van der Waals surface area (Å²) in [5, 5.41) is 0. The fourth-order valence-electron chi connectivity index (χ4n) is 1.56. The molecule has 0 aliphatic carbocycles. The fraction of sp³-hybridized carbons (Fsp3) is 0.500. The molecule has 2 heteroatoms. The van der Waals surface area contributed by atoms with E-state index >= 15 is 0 Å². The number of benzene rings is 1. The fourth-order valence-corrected chi connectivity index (χ4v) is 1.56. The van der Waals surface area contributed by atoms with E-state index < -0.39 is 5.60 Å². The molecule has 0 spiro atoms. The number of ketones is 1. The zero-order chi connectivity index (χ0) is 12.6. The number of carbonyl (C=O) groups is 1. The minimum absolute atomic E-state index is 0.137. The first-order valence-corrected chi connectivity index (χ1v) is 5.68. The minimum Gasteiger partial charge on any atom is -0.373 e. The quantitative estimate of drug-likeness (QED) is 0.778. The van der Waals surface area contributed by atoms with E-state index in [4.69, 9.17) is 4.74 Å². The van der Waals surface area contributed by atoms with E-state index in [-0.39, 0.29) is 5.78 Å². The second-order valence-corrected chi connectivity index (χ2v) is 3.68. The van der Waals surface area contributed by atoms with Crippen LogP contribution in [0.15, 0.2) is 30.3 Å². The maximum atomic E-state index is 11.1. The van der Waals surface area contributed by atoms with Gasteiger partial charge in [-0.05, 0) is 19.4 Å². The van der Waals surface area contributed by atoms with Crippen LogP contribution in [0.2, 0.25) is 0 Å². The van der Waals surface area contributed by atoms with Crippen molar-refractivity contribution in [1.29, 1.82) is 0 Å². The van der Waals surface area contributed by atoms with Gasteiger partial charge < -0.3 is 4.74 Å². The highest BCUT2D eigenvalue weighted by atomic mass is 16.5. The van der Waals surface area contributed by atoms with Crippen LogP contribution in [0.25, 0.3) is 0 Å². The molecule has 90 valence electrons. The summed E-state index contributed by atoms with van der Waals surface area (Å²) in [6, 6.07) is 9.81. The van der Waals surface area contributed by atoms with Crippen LogP contribution in [0, 0.1) is 0 Å². The molecule has 0 aliphatic rings. The molecule has 0 saturated heterocycles. The number of carbonyl (C=O) groups excluding carboxylic acids is 1. The molecule has 0 radical (unpaired) electrons. The number of hydrogen-bond acceptors (Lipinski definition) is 2. The largest absolute Gasteiger partial charge is 0.373 e. The molecular formula is C14H22O2. The average Bonchev–Trinajstić information content (AvgIpc) is 2.32. The lowest BCUT2D eigenvalue weighted by Gasteiger charge is -2.27. The van der Waals surface area contributed by atoms with Crippen LogP contribution in [0.1, 0.15) is 39.7 Å². The molecule has 2 nitrogen and oxygen atoms in total. The van der Waals surface area contributed by atoms with Gasteiger partial charge in [-0.25, -0.2) is 0 Å². The van der Waals surface area contributed by atoms with Gasteiger partial charge in [-0.2, -0.15) is 0 Å². The number of ether oxygens (including phenoxy) is 1. The molecule has 0 fully saturated rings. The summed E-state index contributed by atoms with van der Waals surface area (Å²) in [6.45, 7) is 7.52. The van der Waals surface area contributed by atoms with E-state index in [9.17, 15) is 4.79 Å². The van der Waals surface area contributed by atoms with Crippen molar-refractivity contribution in [3.63, 3.8) is 0 Å². The van der Waals surface area contributed by atoms with Gasteiger partial charge in [0.1, 0.15) is 5.78 Å². The topological polar surface area (TPSA) is 26.3 Å². The van der Waals surface area contributed by atoms with Gasteiger partial charge in [0.05, 0.1) is 5.60 Å². The van der Waals surface area contributed by atoms with Crippen molar-refractivity contribution in [3.05, 3.63) is 35.9 Å². The summed E-state index contributed by atoms with van der Waals surface area (Å²) in [6.07, 6.45) is 0.410. The van der Waals surface area contributed by atoms with Crippen LogP contribution < -0.4 is 0 Å². The zero-order valence-corrected chi connectivity index (χ0v) is 10.9. The highest BCUT2D eigenvalue weighted by Gasteiger charge is 2.27. The van der Waals surface area contributed by atoms with E-state index in [1.165, 1.54) is 0 Å². The molecule has 16 heavy (non-hydrogen) atoms. The van der Waals surface area contributed by atoms with Gasteiger partial charge in [0.25, 0.3) is 0 Å². The second kappa shape index (κ2) is 7.18. The van der Waals surface area contributed by atoms with E-state index in [0.29, 0.717) is 6.42 Å². The van der Waals surface area contributed by atoms with E-state index in [2.05, 4.69) is 0 Å². The predicted molar refractivity (Wildman–Crippen MR) is 67.4 cm³/mol. The first-order chi connectivity index (χ1) is 7.58. The Bertz CT molecular complexity index is 306. The first-order valence-electron chi connectivity index (χ1n) is 5.68. The summed E-state index contributed by atoms with van der Waals surface area (Å²) < 4.78 is 5.41. The van der Waals surface area contributed by atoms with Gasteiger partial charge in [0, 0.05) is 13.5 Å². The maximum Gasteiger partial charge on any atom is 0.133 e. The third kappa shape index (κ3) is 4.15. The van der Waals surface area contributed by atoms with Crippen molar-refractivity contribution in [3.8, 4) is 0 Å². The molecule has 0 heterocycles. The zero-order valence-electron chi connectivity index (χ0n) is 10.9. The molecule has 0 aromatic heterocycles. The summed E-state index contributed by atoms with van der Waals surface area (Å²) in [5.74, 6) is 0.137. The van der Waals surface area contributed by atoms with Crippen molar-refractivity contribution in [2.45, 2.75) is 39.7 Å². The van der Waals surface area contributed by atoms with Crippen molar-refractivity contribution in [1.82, 2.24) is 0 Å². The van der Waals surface area contributed by atoms with Crippen LogP contribution in [0.3, 0.4) is 0 Å². The Labute approximate surface area is 98.6 Å². The van der Waals surface area contributed by atoms with Gasteiger partial charge >= 0.3 is 0 Å². The Balaban J connectivity index is 0.00000106. The standard InChI is InChI=1S/C12H16O2.C2H6/c1-10(13)9-12(2,14-3)11-7-5-4-6-8-11;1-2/h4-8H,9H2,1-3H3;1-2H3. The van der Waals surface area contributed by atoms with Gasteiger partial charge in [-0.15, -0.1) is 0 Å². The van der Waals surface area contributed by atoms with Gasteiger partial charge in [0.2, 0.25) is 0 Å². The third-order valence-electron chi connectivity index (χ3n) is 2.42. The number of Topliss-reactive ketones (excluding diaryl/α,β-unsaturated/α-hetero) is 1. The molecule has 1 aromatic carbocycles. The van der Waals surface area contributed by atoms with Gasteiger partial charge in [-0.3, -0.25) is 4.79 Å².